The van der Waals surface area contributed by atoms with Crippen molar-refractivity contribution in [3.05, 3.63) is 42.5 Å². The highest BCUT2D eigenvalue weighted by molar-refractivity contribution is 9.13. The molecule has 0 amide bonds. The average molecular weight is 422 g/mol. The second-order valence-corrected chi connectivity index (χ2v) is 7.49. The predicted octanol–water partition coefficient (Wildman–Crippen LogP) is 4.68. The number of aliphatic hydroxyl groups excluding tert-OH is 1. The van der Waals surface area contributed by atoms with Crippen molar-refractivity contribution in [1.29, 1.82) is 0 Å². The van der Waals surface area contributed by atoms with E-state index >= 15 is 0 Å². The van der Waals surface area contributed by atoms with Crippen LogP contribution in [0.15, 0.2) is 26.5 Å². The van der Waals surface area contributed by atoms with Crippen molar-refractivity contribution in [2.45, 2.75) is 13.0 Å². The van der Waals surface area contributed by atoms with Gasteiger partial charge >= 0.3 is 0 Å². The summed E-state index contributed by atoms with van der Waals surface area (Å²) in [4.78, 5) is 0.860. The monoisotopic (exact) mass is 420 g/mol. The van der Waals surface area contributed by atoms with E-state index in [9.17, 15) is 5.11 Å². The number of methoxy groups -OCH3 is 2. The fourth-order valence-electron chi connectivity index (χ4n) is 1.94. The van der Waals surface area contributed by atoms with Gasteiger partial charge in [-0.05, 0) is 68.1 Å². The third-order valence-electron chi connectivity index (χ3n) is 3.00. The Morgan fingerprint density at radius 2 is 1.70 bits per heavy atom. The van der Waals surface area contributed by atoms with Crippen molar-refractivity contribution in [2.75, 3.05) is 14.2 Å². The highest BCUT2D eigenvalue weighted by atomic mass is 79.9. The Morgan fingerprint density at radius 3 is 2.20 bits per heavy atom. The smallest absolute Gasteiger partial charge is 0.161 e. The molecule has 1 atom stereocenters. The lowest BCUT2D eigenvalue weighted by atomic mass is 10.0. The van der Waals surface area contributed by atoms with Crippen molar-refractivity contribution in [3.63, 3.8) is 0 Å². The summed E-state index contributed by atoms with van der Waals surface area (Å²) in [7, 11) is 3.18. The van der Waals surface area contributed by atoms with Crippen molar-refractivity contribution >= 4 is 43.2 Å². The summed E-state index contributed by atoms with van der Waals surface area (Å²) in [6.07, 6.45) is -0.692. The summed E-state index contributed by atoms with van der Waals surface area (Å²) in [5, 5.41) is 10.6. The molecular weight excluding hydrogens is 408 g/mol. The van der Waals surface area contributed by atoms with Crippen molar-refractivity contribution in [1.82, 2.24) is 0 Å². The summed E-state index contributed by atoms with van der Waals surface area (Å²) in [6.45, 7) is 1.94. The number of halogens is 2. The molecule has 0 saturated heterocycles. The molecule has 0 bridgehead atoms. The minimum absolute atomic E-state index is 0.613. The molecule has 20 heavy (non-hydrogen) atoms. The van der Waals surface area contributed by atoms with E-state index in [1.165, 1.54) is 11.3 Å². The first kappa shape index (κ1) is 15.8. The first-order valence-electron chi connectivity index (χ1n) is 5.83. The quantitative estimate of drug-likeness (QED) is 0.778. The first-order chi connectivity index (χ1) is 9.47. The van der Waals surface area contributed by atoms with E-state index < -0.39 is 6.10 Å². The van der Waals surface area contributed by atoms with Crippen LogP contribution >= 0.6 is 43.2 Å². The molecule has 0 aliphatic carbocycles. The molecule has 6 heteroatoms. The molecule has 1 N–H and O–H groups in total. The lowest BCUT2D eigenvalue weighted by molar-refractivity contribution is 0.222. The predicted molar refractivity (Wildman–Crippen MR) is 88.1 cm³/mol. The summed E-state index contributed by atoms with van der Waals surface area (Å²) >= 11 is 8.37. The van der Waals surface area contributed by atoms with E-state index in [0.717, 1.165) is 24.3 Å². The second-order valence-electron chi connectivity index (χ2n) is 4.24. The van der Waals surface area contributed by atoms with Crippen LogP contribution in [0.25, 0.3) is 0 Å². The molecule has 1 aromatic heterocycles. The van der Waals surface area contributed by atoms with Crippen LogP contribution in [-0.4, -0.2) is 19.3 Å². The number of aryl methyl sites for hydroxylation is 1. The molecule has 0 spiro atoms. The van der Waals surface area contributed by atoms with Crippen LogP contribution in [0, 0.1) is 6.92 Å². The van der Waals surface area contributed by atoms with Gasteiger partial charge in [-0.15, -0.1) is 11.3 Å². The van der Waals surface area contributed by atoms with Crippen molar-refractivity contribution in [3.8, 4) is 11.5 Å². The van der Waals surface area contributed by atoms with E-state index in [0.29, 0.717) is 11.5 Å². The number of hydrogen-bond acceptors (Lipinski definition) is 4. The van der Waals surface area contributed by atoms with Gasteiger partial charge in [-0.3, -0.25) is 0 Å². The summed E-state index contributed by atoms with van der Waals surface area (Å²) in [6, 6.07) is 5.60. The Kier molecular flexibility index (Phi) is 5.12. The van der Waals surface area contributed by atoms with E-state index in [1.54, 1.807) is 14.2 Å². The minimum atomic E-state index is -0.692. The second kappa shape index (κ2) is 6.47. The van der Waals surface area contributed by atoms with E-state index in [-0.39, 0.29) is 0 Å². The molecule has 1 heterocycles. The third kappa shape index (κ3) is 3.03. The minimum Gasteiger partial charge on any atom is -0.493 e. The van der Waals surface area contributed by atoms with Crippen LogP contribution in [0.1, 0.15) is 22.1 Å². The standard InChI is InChI=1S/C14H14Br2O3S/c1-7-4-10(18-2)11(19-3)5-8(7)13(17)12-6-9(15)14(16)20-12/h4-6,13,17H,1-3H3. The number of thiophene rings is 1. The maximum absolute atomic E-state index is 10.6. The summed E-state index contributed by atoms with van der Waals surface area (Å²) in [5.41, 5.74) is 1.76. The van der Waals surface area contributed by atoms with Crippen LogP contribution in [0.5, 0.6) is 11.5 Å². The Labute approximate surface area is 138 Å². The van der Waals surface area contributed by atoms with Gasteiger partial charge in [0.05, 0.1) is 18.0 Å². The highest BCUT2D eigenvalue weighted by Crippen LogP contribution is 2.40. The zero-order valence-electron chi connectivity index (χ0n) is 11.2. The fourth-order valence-corrected chi connectivity index (χ4v) is 4.04. The van der Waals surface area contributed by atoms with Crippen molar-refractivity contribution in [2.24, 2.45) is 0 Å². The molecule has 0 aliphatic rings. The molecule has 0 fully saturated rings. The van der Waals surface area contributed by atoms with Gasteiger partial charge < -0.3 is 14.6 Å². The normalized spacial score (nSPS) is 12.3. The van der Waals surface area contributed by atoms with Crippen LogP contribution < -0.4 is 9.47 Å². The van der Waals surface area contributed by atoms with Gasteiger partial charge in [0.2, 0.25) is 0 Å². The summed E-state index contributed by atoms with van der Waals surface area (Å²) < 4.78 is 12.5. The Bertz CT molecular complexity index is 606. The zero-order valence-corrected chi connectivity index (χ0v) is 15.2. The van der Waals surface area contributed by atoms with Gasteiger partial charge in [-0.2, -0.15) is 0 Å². The van der Waals surface area contributed by atoms with E-state index in [1.807, 2.05) is 25.1 Å². The number of rotatable bonds is 4. The number of hydrogen-bond donors (Lipinski definition) is 1. The van der Waals surface area contributed by atoms with Gasteiger partial charge in [0.1, 0.15) is 6.10 Å². The molecule has 0 radical (unpaired) electrons. The average Bonchev–Trinajstić information content (AvgIpc) is 2.77. The molecular formula is C14H14Br2O3S. The molecule has 0 aliphatic heterocycles. The van der Waals surface area contributed by atoms with Gasteiger partial charge in [-0.25, -0.2) is 0 Å². The van der Waals surface area contributed by atoms with Crippen LogP contribution in [0.4, 0.5) is 0 Å². The molecule has 108 valence electrons. The fraction of sp³-hybridized carbons (Fsp3) is 0.286. The highest BCUT2D eigenvalue weighted by Gasteiger charge is 2.19. The van der Waals surface area contributed by atoms with Crippen LogP contribution in [-0.2, 0) is 0 Å². The first-order valence-corrected chi connectivity index (χ1v) is 8.23. The Morgan fingerprint density at radius 1 is 1.10 bits per heavy atom. The Hall–Kier alpha value is -0.560. The molecule has 1 aromatic carbocycles. The SMILES string of the molecule is COc1cc(C)c(C(O)c2cc(Br)c(Br)s2)cc1OC. The zero-order chi connectivity index (χ0) is 14.9. The molecule has 2 rings (SSSR count). The topological polar surface area (TPSA) is 38.7 Å². The molecule has 2 aromatic rings. The maximum atomic E-state index is 10.6. The van der Waals surface area contributed by atoms with Crippen LogP contribution in [0.3, 0.4) is 0 Å². The number of aliphatic hydroxyl groups is 1. The van der Waals surface area contributed by atoms with Crippen LogP contribution in [0.2, 0.25) is 0 Å². The van der Waals surface area contributed by atoms with Gasteiger partial charge in [-0.1, -0.05) is 0 Å². The molecule has 3 nitrogen and oxygen atoms in total. The van der Waals surface area contributed by atoms with E-state index in [4.69, 9.17) is 9.47 Å². The Balaban J connectivity index is 2.46. The third-order valence-corrected chi connectivity index (χ3v) is 6.31. The number of ether oxygens (including phenoxy) is 2. The van der Waals surface area contributed by atoms with Gasteiger partial charge in [0, 0.05) is 9.35 Å². The van der Waals surface area contributed by atoms with Gasteiger partial charge in [0.15, 0.2) is 11.5 Å². The van der Waals surface area contributed by atoms with Gasteiger partial charge in [0.25, 0.3) is 0 Å². The van der Waals surface area contributed by atoms with Crippen molar-refractivity contribution < 1.29 is 14.6 Å². The van der Waals surface area contributed by atoms with E-state index in [2.05, 4.69) is 31.9 Å². The number of benzene rings is 1. The lowest BCUT2D eigenvalue weighted by Gasteiger charge is -2.16. The largest absolute Gasteiger partial charge is 0.493 e. The maximum Gasteiger partial charge on any atom is 0.161 e. The lowest BCUT2D eigenvalue weighted by Crippen LogP contribution is -2.02. The summed E-state index contributed by atoms with van der Waals surface area (Å²) in [5.74, 6) is 1.27. The molecule has 0 saturated carbocycles. The molecule has 1 unspecified atom stereocenters.